The normalized spacial score (nSPS) is 31.1. The van der Waals surface area contributed by atoms with Crippen molar-refractivity contribution in [3.63, 3.8) is 0 Å². The van der Waals surface area contributed by atoms with E-state index in [4.69, 9.17) is 0 Å². The van der Waals surface area contributed by atoms with Crippen LogP contribution in [-0.2, 0) is 4.79 Å². The highest BCUT2D eigenvalue weighted by Crippen LogP contribution is 2.36. The second-order valence-corrected chi connectivity index (χ2v) is 7.33. The maximum absolute atomic E-state index is 12.2. The molecule has 2 fully saturated rings. The van der Waals surface area contributed by atoms with Crippen molar-refractivity contribution in [3.05, 3.63) is 0 Å². The molecule has 2 aliphatic heterocycles. The Hall–Kier alpha value is -0.220. The van der Waals surface area contributed by atoms with Crippen molar-refractivity contribution in [2.24, 2.45) is 5.41 Å². The quantitative estimate of drug-likeness (QED) is 0.701. The number of nitrogens with one attached hydrogen (secondary N) is 1. The predicted octanol–water partition coefficient (Wildman–Crippen LogP) is 1.69. The van der Waals surface area contributed by atoms with Crippen molar-refractivity contribution in [1.29, 1.82) is 0 Å². The summed E-state index contributed by atoms with van der Waals surface area (Å²) in [6.45, 7) is 8.92. The van der Waals surface area contributed by atoms with Crippen LogP contribution in [0.4, 0.5) is 0 Å². The Morgan fingerprint density at radius 1 is 1.44 bits per heavy atom. The summed E-state index contributed by atoms with van der Waals surface area (Å²) in [5.74, 6) is 1.47. The molecule has 0 aromatic heterocycles. The van der Waals surface area contributed by atoms with Crippen LogP contribution >= 0.6 is 11.8 Å². The van der Waals surface area contributed by atoms with E-state index >= 15 is 0 Å². The summed E-state index contributed by atoms with van der Waals surface area (Å²) in [6, 6.07) is 0. The van der Waals surface area contributed by atoms with Gasteiger partial charge >= 0.3 is 0 Å². The van der Waals surface area contributed by atoms with Crippen molar-refractivity contribution in [2.75, 3.05) is 25.4 Å². The van der Waals surface area contributed by atoms with Crippen LogP contribution in [0, 0.1) is 5.41 Å². The Kier molecular flexibility index (Phi) is 3.23. The van der Waals surface area contributed by atoms with E-state index in [-0.39, 0.29) is 10.3 Å². The van der Waals surface area contributed by atoms with Gasteiger partial charge in [-0.25, -0.2) is 0 Å². The third-order valence-electron chi connectivity index (χ3n) is 3.31. The minimum absolute atomic E-state index is 0.166. The molecule has 2 aliphatic rings. The highest BCUT2D eigenvalue weighted by Gasteiger charge is 2.41. The molecule has 1 spiro atoms. The van der Waals surface area contributed by atoms with E-state index in [1.807, 2.05) is 32.5 Å². The zero-order valence-electron chi connectivity index (χ0n) is 10.5. The first-order valence-corrected chi connectivity index (χ1v) is 7.10. The maximum Gasteiger partial charge on any atom is 0.228 e. The first-order valence-electron chi connectivity index (χ1n) is 6.11. The molecule has 0 saturated carbocycles. The van der Waals surface area contributed by atoms with Gasteiger partial charge in [-0.05, 0) is 12.8 Å². The molecule has 2 saturated heterocycles. The number of hydrogen-bond donors (Lipinski definition) is 1. The van der Waals surface area contributed by atoms with E-state index in [1.165, 1.54) is 12.2 Å². The molecule has 1 N–H and O–H groups in total. The number of piperidine rings is 1. The van der Waals surface area contributed by atoms with Crippen LogP contribution in [0.15, 0.2) is 0 Å². The molecular formula is C12H22N2OS. The van der Waals surface area contributed by atoms with Gasteiger partial charge in [-0.15, -0.1) is 11.8 Å². The van der Waals surface area contributed by atoms with Gasteiger partial charge in [0.25, 0.3) is 0 Å². The van der Waals surface area contributed by atoms with Crippen molar-refractivity contribution in [2.45, 2.75) is 38.5 Å². The van der Waals surface area contributed by atoms with E-state index in [2.05, 4.69) is 10.2 Å². The molecule has 16 heavy (non-hydrogen) atoms. The summed E-state index contributed by atoms with van der Waals surface area (Å²) in [4.78, 5) is 14.5. The molecule has 1 unspecified atom stereocenters. The van der Waals surface area contributed by atoms with E-state index in [0.717, 1.165) is 26.1 Å². The lowest BCUT2D eigenvalue weighted by atomic mass is 9.93. The molecule has 0 radical (unpaired) electrons. The predicted molar refractivity (Wildman–Crippen MR) is 68.5 cm³/mol. The van der Waals surface area contributed by atoms with Gasteiger partial charge in [-0.1, -0.05) is 20.8 Å². The molecule has 1 amide bonds. The maximum atomic E-state index is 12.2. The number of carbonyl (C=O) groups is 1. The average molecular weight is 242 g/mol. The van der Waals surface area contributed by atoms with Crippen LogP contribution in [0.25, 0.3) is 0 Å². The van der Waals surface area contributed by atoms with Gasteiger partial charge in [0.15, 0.2) is 0 Å². The molecular weight excluding hydrogens is 220 g/mol. The molecule has 92 valence electrons. The molecule has 0 aliphatic carbocycles. The van der Waals surface area contributed by atoms with Crippen LogP contribution in [0.2, 0.25) is 0 Å². The van der Waals surface area contributed by atoms with Crippen molar-refractivity contribution in [1.82, 2.24) is 10.2 Å². The number of rotatable bonds is 0. The fourth-order valence-corrected chi connectivity index (χ4v) is 3.84. The van der Waals surface area contributed by atoms with Crippen molar-refractivity contribution in [3.8, 4) is 0 Å². The fourth-order valence-electron chi connectivity index (χ4n) is 2.51. The summed E-state index contributed by atoms with van der Waals surface area (Å²) < 4.78 is 0. The highest BCUT2D eigenvalue weighted by molar-refractivity contribution is 8.00. The number of carbonyl (C=O) groups excluding carboxylic acids is 1. The Morgan fingerprint density at radius 3 is 2.75 bits per heavy atom. The first-order chi connectivity index (χ1) is 7.43. The van der Waals surface area contributed by atoms with E-state index < -0.39 is 0 Å². The monoisotopic (exact) mass is 242 g/mol. The summed E-state index contributed by atoms with van der Waals surface area (Å²) >= 11 is 1.99. The van der Waals surface area contributed by atoms with Gasteiger partial charge in [-0.2, -0.15) is 0 Å². The lowest BCUT2D eigenvalue weighted by Crippen LogP contribution is -2.55. The van der Waals surface area contributed by atoms with Gasteiger partial charge in [0.05, 0.1) is 4.87 Å². The van der Waals surface area contributed by atoms with E-state index in [0.29, 0.717) is 5.91 Å². The second kappa shape index (κ2) is 4.22. The van der Waals surface area contributed by atoms with Crippen LogP contribution in [-0.4, -0.2) is 41.1 Å². The smallest absolute Gasteiger partial charge is 0.228 e. The SMILES string of the molecule is CC(C)(C)C(=O)N1CCCC2(C1)NCCS2. The van der Waals surface area contributed by atoms with Gasteiger partial charge in [-0.3, -0.25) is 4.79 Å². The lowest BCUT2D eigenvalue weighted by molar-refractivity contribution is -0.141. The molecule has 4 heteroatoms. The average Bonchev–Trinajstić information content (AvgIpc) is 2.64. The minimum Gasteiger partial charge on any atom is -0.340 e. The third kappa shape index (κ3) is 2.38. The second-order valence-electron chi connectivity index (χ2n) is 5.85. The van der Waals surface area contributed by atoms with Crippen molar-refractivity contribution >= 4 is 17.7 Å². The van der Waals surface area contributed by atoms with E-state index in [9.17, 15) is 4.79 Å². The van der Waals surface area contributed by atoms with Gasteiger partial charge < -0.3 is 10.2 Å². The van der Waals surface area contributed by atoms with Gasteiger partial charge in [0.1, 0.15) is 0 Å². The van der Waals surface area contributed by atoms with Crippen LogP contribution in [0.3, 0.4) is 0 Å². The molecule has 1 atom stereocenters. The molecule has 0 aromatic carbocycles. The van der Waals surface area contributed by atoms with Gasteiger partial charge in [0, 0.05) is 30.8 Å². The third-order valence-corrected chi connectivity index (χ3v) is 4.75. The van der Waals surface area contributed by atoms with Crippen LogP contribution in [0.5, 0.6) is 0 Å². The summed E-state index contributed by atoms with van der Waals surface area (Å²) in [7, 11) is 0. The summed E-state index contributed by atoms with van der Waals surface area (Å²) in [5, 5.41) is 3.58. The zero-order valence-corrected chi connectivity index (χ0v) is 11.3. The lowest BCUT2D eigenvalue weighted by Gasteiger charge is -2.42. The highest BCUT2D eigenvalue weighted by atomic mass is 32.2. The molecule has 2 rings (SSSR count). The molecule has 2 heterocycles. The number of likely N-dealkylation sites (tertiary alicyclic amines) is 1. The Labute approximate surface area is 102 Å². The number of amides is 1. The minimum atomic E-state index is -0.248. The van der Waals surface area contributed by atoms with E-state index in [1.54, 1.807) is 0 Å². The Bertz CT molecular complexity index is 279. The van der Waals surface area contributed by atoms with Crippen LogP contribution in [0.1, 0.15) is 33.6 Å². The largest absolute Gasteiger partial charge is 0.340 e. The molecule has 3 nitrogen and oxygen atoms in total. The Morgan fingerprint density at radius 2 is 2.19 bits per heavy atom. The topological polar surface area (TPSA) is 32.3 Å². The van der Waals surface area contributed by atoms with Crippen molar-refractivity contribution < 1.29 is 4.79 Å². The summed E-state index contributed by atoms with van der Waals surface area (Å²) in [6.07, 6.45) is 2.33. The summed E-state index contributed by atoms with van der Waals surface area (Å²) in [5.41, 5.74) is -0.248. The number of hydrogen-bond acceptors (Lipinski definition) is 3. The standard InChI is InChI=1S/C12H22N2OS/c1-11(2,3)10(15)14-7-4-5-12(9-14)13-6-8-16-12/h13H,4-9H2,1-3H3. The number of thioether (sulfide) groups is 1. The van der Waals surface area contributed by atoms with Crippen LogP contribution < -0.4 is 5.32 Å². The fraction of sp³-hybridized carbons (Fsp3) is 0.917. The number of nitrogens with zero attached hydrogens (tertiary/aromatic N) is 1. The van der Waals surface area contributed by atoms with Gasteiger partial charge in [0.2, 0.25) is 5.91 Å². The molecule has 0 aromatic rings. The Balaban J connectivity index is 2.04. The zero-order chi connectivity index (χ0) is 11.8. The molecule has 0 bridgehead atoms. The first kappa shape index (κ1) is 12.2.